The van der Waals surface area contributed by atoms with Crippen LogP contribution in [-0.2, 0) is 18.3 Å². The van der Waals surface area contributed by atoms with Crippen LogP contribution in [0.5, 0.6) is 0 Å². The maximum atomic E-state index is 14.0. The zero-order valence-electron chi connectivity index (χ0n) is 12.2. The Bertz CT molecular complexity index is 708. The molecule has 2 aromatic rings. The van der Waals surface area contributed by atoms with Gasteiger partial charge < -0.3 is 9.30 Å². The molecule has 22 heavy (non-hydrogen) atoms. The van der Waals surface area contributed by atoms with E-state index in [1.807, 2.05) is 17.7 Å². The van der Waals surface area contributed by atoms with Crippen molar-refractivity contribution in [2.24, 2.45) is 7.05 Å². The molecule has 0 radical (unpaired) electrons. The molecule has 3 rings (SSSR count). The lowest BCUT2D eigenvalue weighted by molar-refractivity contribution is -0.0388. The minimum absolute atomic E-state index is 0.164. The summed E-state index contributed by atoms with van der Waals surface area (Å²) in [4.78, 5) is 2.12. The second kappa shape index (κ2) is 6.22. The molecule has 1 unspecified atom stereocenters. The van der Waals surface area contributed by atoms with E-state index in [0.29, 0.717) is 30.8 Å². The maximum absolute atomic E-state index is 14.0. The highest BCUT2D eigenvalue weighted by Gasteiger charge is 2.25. The average molecular weight is 301 g/mol. The topological polar surface area (TPSA) is 67.0 Å². The van der Waals surface area contributed by atoms with Gasteiger partial charge in [-0.25, -0.2) is 4.39 Å². The van der Waals surface area contributed by atoms with Crippen molar-refractivity contribution in [3.05, 3.63) is 47.3 Å². The molecule has 0 aliphatic carbocycles. The van der Waals surface area contributed by atoms with Crippen molar-refractivity contribution in [1.82, 2.24) is 19.7 Å². The standard InChI is InChI=1S/C15H16FN5O/c1-20-10-18-19-15(20)14-9-21(4-5-22-14)8-12-3-2-11(7-17)6-13(12)16/h2-3,6,10,14H,4-5,8-9H2,1H3. The molecule has 7 heteroatoms. The van der Waals surface area contributed by atoms with Gasteiger partial charge in [-0.1, -0.05) is 6.07 Å². The minimum Gasteiger partial charge on any atom is -0.368 e. The number of hydrogen-bond acceptors (Lipinski definition) is 5. The molecular formula is C15H16FN5O. The van der Waals surface area contributed by atoms with Crippen molar-refractivity contribution in [3.8, 4) is 6.07 Å². The molecule has 1 aliphatic heterocycles. The zero-order valence-corrected chi connectivity index (χ0v) is 12.2. The predicted octanol–water partition coefficient (Wildman–Crippen LogP) is 1.40. The van der Waals surface area contributed by atoms with Crippen LogP contribution in [0.2, 0.25) is 0 Å². The molecule has 1 aromatic carbocycles. The van der Waals surface area contributed by atoms with Gasteiger partial charge in [0, 0.05) is 32.2 Å². The number of hydrogen-bond donors (Lipinski definition) is 0. The van der Waals surface area contributed by atoms with Gasteiger partial charge in [0.15, 0.2) is 5.82 Å². The Balaban J connectivity index is 1.71. The molecule has 1 saturated heterocycles. The van der Waals surface area contributed by atoms with Gasteiger partial charge in [0.25, 0.3) is 0 Å². The summed E-state index contributed by atoms with van der Waals surface area (Å²) in [6.07, 6.45) is 1.47. The smallest absolute Gasteiger partial charge is 0.163 e. The third kappa shape index (κ3) is 2.98. The number of aryl methyl sites for hydroxylation is 1. The molecule has 1 aliphatic rings. The number of ether oxygens (including phenoxy) is 1. The van der Waals surface area contributed by atoms with Crippen LogP contribution < -0.4 is 0 Å². The molecule has 1 aromatic heterocycles. The van der Waals surface area contributed by atoms with Gasteiger partial charge in [-0.2, -0.15) is 5.26 Å². The normalized spacial score (nSPS) is 19.0. The first-order chi connectivity index (χ1) is 10.7. The van der Waals surface area contributed by atoms with Crippen LogP contribution in [0.15, 0.2) is 24.5 Å². The van der Waals surface area contributed by atoms with E-state index >= 15 is 0 Å². The van der Waals surface area contributed by atoms with Gasteiger partial charge in [0.2, 0.25) is 0 Å². The summed E-state index contributed by atoms with van der Waals surface area (Å²) in [6, 6.07) is 6.52. The van der Waals surface area contributed by atoms with E-state index in [1.54, 1.807) is 18.5 Å². The molecule has 0 bridgehead atoms. The number of nitrogens with zero attached hydrogens (tertiary/aromatic N) is 5. The number of rotatable bonds is 3. The van der Waals surface area contributed by atoms with Crippen LogP contribution in [0, 0.1) is 17.1 Å². The first-order valence-electron chi connectivity index (χ1n) is 7.03. The largest absolute Gasteiger partial charge is 0.368 e. The molecule has 0 spiro atoms. The van der Waals surface area contributed by atoms with Crippen molar-refractivity contribution in [2.75, 3.05) is 19.7 Å². The highest BCUT2D eigenvalue weighted by molar-refractivity contribution is 5.32. The lowest BCUT2D eigenvalue weighted by atomic mass is 10.1. The van der Waals surface area contributed by atoms with Gasteiger partial charge in [-0.3, -0.25) is 4.90 Å². The van der Waals surface area contributed by atoms with Gasteiger partial charge in [-0.15, -0.1) is 10.2 Å². The van der Waals surface area contributed by atoms with E-state index in [4.69, 9.17) is 10.00 Å². The number of aromatic nitrogens is 3. The molecular weight excluding hydrogens is 285 g/mol. The number of nitriles is 1. The molecule has 0 N–H and O–H groups in total. The van der Waals surface area contributed by atoms with E-state index in [9.17, 15) is 4.39 Å². The summed E-state index contributed by atoms with van der Waals surface area (Å²) in [5.74, 6) is 0.422. The Morgan fingerprint density at radius 2 is 2.36 bits per heavy atom. The Morgan fingerprint density at radius 1 is 1.50 bits per heavy atom. The summed E-state index contributed by atoms with van der Waals surface area (Å²) < 4.78 is 21.6. The Morgan fingerprint density at radius 3 is 3.05 bits per heavy atom. The van der Waals surface area contributed by atoms with E-state index in [2.05, 4.69) is 15.1 Å². The minimum atomic E-state index is -0.347. The fourth-order valence-electron chi connectivity index (χ4n) is 2.57. The fourth-order valence-corrected chi connectivity index (χ4v) is 2.57. The highest BCUT2D eigenvalue weighted by atomic mass is 19.1. The molecule has 6 nitrogen and oxygen atoms in total. The van der Waals surface area contributed by atoms with E-state index in [1.165, 1.54) is 6.07 Å². The molecule has 0 amide bonds. The van der Waals surface area contributed by atoms with Gasteiger partial charge >= 0.3 is 0 Å². The summed E-state index contributed by atoms with van der Waals surface area (Å²) in [7, 11) is 1.87. The third-order valence-electron chi connectivity index (χ3n) is 3.76. The van der Waals surface area contributed by atoms with Gasteiger partial charge in [0.1, 0.15) is 18.2 Å². The second-order valence-corrected chi connectivity index (χ2v) is 5.31. The average Bonchev–Trinajstić information content (AvgIpc) is 2.96. The Labute approximate surface area is 127 Å². The number of benzene rings is 1. The van der Waals surface area contributed by atoms with Crippen molar-refractivity contribution < 1.29 is 9.13 Å². The lowest BCUT2D eigenvalue weighted by Gasteiger charge is -2.32. The number of halogens is 1. The van der Waals surface area contributed by atoms with Crippen molar-refractivity contribution in [2.45, 2.75) is 12.6 Å². The first-order valence-corrected chi connectivity index (χ1v) is 7.03. The molecule has 1 fully saturated rings. The molecule has 2 heterocycles. The van der Waals surface area contributed by atoms with Crippen molar-refractivity contribution >= 4 is 0 Å². The van der Waals surface area contributed by atoms with Crippen molar-refractivity contribution in [1.29, 1.82) is 5.26 Å². The third-order valence-corrected chi connectivity index (χ3v) is 3.76. The van der Waals surface area contributed by atoms with Crippen LogP contribution in [0.3, 0.4) is 0 Å². The highest BCUT2D eigenvalue weighted by Crippen LogP contribution is 2.22. The fraction of sp³-hybridized carbons (Fsp3) is 0.400. The molecule has 1 atom stereocenters. The first kappa shape index (κ1) is 14.6. The van der Waals surface area contributed by atoms with Crippen molar-refractivity contribution in [3.63, 3.8) is 0 Å². The summed E-state index contributed by atoms with van der Waals surface area (Å²) in [6.45, 7) is 2.41. The summed E-state index contributed by atoms with van der Waals surface area (Å²) >= 11 is 0. The monoisotopic (exact) mass is 301 g/mol. The van der Waals surface area contributed by atoms with Gasteiger partial charge in [0.05, 0.1) is 18.2 Å². The van der Waals surface area contributed by atoms with Crippen LogP contribution in [0.4, 0.5) is 4.39 Å². The lowest BCUT2D eigenvalue weighted by Crippen LogP contribution is -2.38. The second-order valence-electron chi connectivity index (χ2n) is 5.31. The quantitative estimate of drug-likeness (QED) is 0.857. The summed E-state index contributed by atoms with van der Waals surface area (Å²) in [5.41, 5.74) is 0.915. The molecule has 114 valence electrons. The van der Waals surface area contributed by atoms with E-state index in [-0.39, 0.29) is 11.9 Å². The van der Waals surface area contributed by atoms with E-state index < -0.39 is 0 Å². The molecule has 0 saturated carbocycles. The SMILES string of the molecule is Cn1cnnc1C1CN(Cc2ccc(C#N)cc2F)CCO1. The van der Waals surface area contributed by atoms with Crippen LogP contribution in [-0.4, -0.2) is 39.4 Å². The maximum Gasteiger partial charge on any atom is 0.163 e. The Kier molecular flexibility index (Phi) is 4.13. The van der Waals surface area contributed by atoms with Crippen LogP contribution in [0.1, 0.15) is 23.1 Å². The Hall–Kier alpha value is -2.30. The van der Waals surface area contributed by atoms with Crippen LogP contribution >= 0.6 is 0 Å². The number of morpholine rings is 1. The zero-order chi connectivity index (χ0) is 15.5. The predicted molar refractivity (Wildman–Crippen MR) is 76.1 cm³/mol. The van der Waals surface area contributed by atoms with Crippen LogP contribution in [0.25, 0.3) is 0 Å². The summed E-state index contributed by atoms with van der Waals surface area (Å²) in [5, 5.41) is 16.7. The van der Waals surface area contributed by atoms with Gasteiger partial charge in [-0.05, 0) is 12.1 Å². The van der Waals surface area contributed by atoms with E-state index in [0.717, 1.165) is 12.4 Å².